The molecule has 0 radical (unpaired) electrons. The Balaban J connectivity index is 0.00000289. The molecule has 0 atom stereocenters. The van der Waals surface area contributed by atoms with Crippen LogP contribution in [0.3, 0.4) is 0 Å². The van der Waals surface area contributed by atoms with Gasteiger partial charge in [0.15, 0.2) is 0 Å². The van der Waals surface area contributed by atoms with Crippen molar-refractivity contribution in [2.24, 2.45) is 10.2 Å². The molecule has 4 rings (SSSR count). The fourth-order valence-electron chi connectivity index (χ4n) is 3.03. The number of rotatable bonds is 5. The summed E-state index contributed by atoms with van der Waals surface area (Å²) in [5.41, 5.74) is 7.51. The van der Waals surface area contributed by atoms with Crippen LogP contribution in [-0.2, 0) is 10.1 Å². The molecule has 4 N–H and O–H groups in total. The van der Waals surface area contributed by atoms with Gasteiger partial charge >= 0.3 is 29.6 Å². The van der Waals surface area contributed by atoms with E-state index < -0.39 is 26.5 Å². The number of hydrogen-bond acceptors (Lipinski definition) is 7. The third-order valence-electron chi connectivity index (χ3n) is 4.53. The van der Waals surface area contributed by atoms with Crippen molar-refractivity contribution in [2.45, 2.75) is 4.90 Å². The van der Waals surface area contributed by atoms with Gasteiger partial charge in [-0.25, -0.2) is 0 Å². The van der Waals surface area contributed by atoms with Crippen molar-refractivity contribution in [2.75, 3.05) is 11.1 Å². The molecule has 0 aliphatic carbocycles. The van der Waals surface area contributed by atoms with Crippen LogP contribution in [0.2, 0.25) is 0 Å². The molecule has 0 aliphatic rings. The number of hydrogen-bond donors (Lipinski definition) is 3. The number of para-hydroxylation sites is 1. The van der Waals surface area contributed by atoms with Crippen LogP contribution in [-0.4, -0.2) is 13.0 Å². The first-order chi connectivity index (χ1) is 14.8. The van der Waals surface area contributed by atoms with Crippen molar-refractivity contribution in [3.05, 3.63) is 78.9 Å². The second kappa shape index (κ2) is 9.68. The Labute approximate surface area is 206 Å². The Morgan fingerprint density at radius 3 is 2.22 bits per heavy atom. The van der Waals surface area contributed by atoms with Crippen LogP contribution in [0.1, 0.15) is 0 Å². The third kappa shape index (κ3) is 5.26. The molecule has 0 amide bonds. The van der Waals surface area contributed by atoms with Crippen molar-refractivity contribution in [1.29, 1.82) is 0 Å². The molecule has 4 aromatic rings. The van der Waals surface area contributed by atoms with Gasteiger partial charge in [0, 0.05) is 17.1 Å². The average Bonchev–Trinajstić information content (AvgIpc) is 2.74. The molecule has 4 aromatic carbocycles. The molecule has 10 heteroatoms. The maximum Gasteiger partial charge on any atom is 1.00 e. The van der Waals surface area contributed by atoms with Crippen LogP contribution in [0.15, 0.2) is 94.0 Å². The molecule has 0 aliphatic heterocycles. The Kier molecular flexibility index (Phi) is 7.17. The number of nitrogens with one attached hydrogen (secondary N) is 1. The molecular formula is C22H17N4NaO4S. The predicted octanol–water partition coefficient (Wildman–Crippen LogP) is 1.91. The zero-order valence-corrected chi connectivity index (χ0v) is 19.9. The zero-order valence-electron chi connectivity index (χ0n) is 17.1. The minimum absolute atomic E-state index is 0. The van der Waals surface area contributed by atoms with Crippen LogP contribution in [0.4, 0.5) is 28.4 Å². The Hall–Kier alpha value is -2.95. The van der Waals surface area contributed by atoms with Gasteiger partial charge < -0.3 is 16.2 Å². The topological polar surface area (TPSA) is 140 Å². The molecule has 8 nitrogen and oxygen atoms in total. The number of nitrogens with zero attached hydrogens (tertiary/aromatic N) is 2. The van der Waals surface area contributed by atoms with Crippen LogP contribution in [0.5, 0.6) is 5.75 Å². The molecule has 0 saturated heterocycles. The van der Waals surface area contributed by atoms with E-state index in [1.807, 2.05) is 30.3 Å². The van der Waals surface area contributed by atoms with Crippen LogP contribution >= 0.6 is 0 Å². The van der Waals surface area contributed by atoms with Gasteiger partial charge in [0.05, 0.1) is 11.4 Å². The van der Waals surface area contributed by atoms with Gasteiger partial charge in [0.2, 0.25) is 0 Å². The largest absolute Gasteiger partial charge is 1.00 e. The number of fused-ring (bicyclic) bond motifs is 1. The first-order valence-electron chi connectivity index (χ1n) is 9.16. The van der Waals surface area contributed by atoms with Gasteiger partial charge in [-0.2, -0.15) is 13.5 Å². The van der Waals surface area contributed by atoms with Crippen LogP contribution < -0.4 is 45.7 Å². The Bertz CT molecular complexity index is 1390. The fourth-order valence-corrected chi connectivity index (χ4v) is 3.69. The zero-order chi connectivity index (χ0) is 22.0. The third-order valence-corrected chi connectivity index (χ3v) is 5.40. The summed E-state index contributed by atoms with van der Waals surface area (Å²) >= 11 is 0. The normalized spacial score (nSPS) is 11.4. The molecule has 0 saturated carbocycles. The summed E-state index contributed by atoms with van der Waals surface area (Å²) in [5, 5.41) is 24.6. The molecule has 0 aromatic heterocycles. The number of anilines is 3. The number of benzene rings is 4. The monoisotopic (exact) mass is 456 g/mol. The van der Waals surface area contributed by atoms with E-state index in [1.165, 1.54) is 6.07 Å². The quantitative estimate of drug-likeness (QED) is 0.181. The Morgan fingerprint density at radius 1 is 0.875 bits per heavy atom. The SMILES string of the molecule is Nc1ccc(N=Nc2c(S(=O)(=O)O)cc3ccc(Nc4ccccc4)cc3c2[O-])cc1.[Na+]. The second-order valence-electron chi connectivity index (χ2n) is 6.75. The summed E-state index contributed by atoms with van der Waals surface area (Å²) in [6, 6.07) is 21.8. The first-order valence-corrected chi connectivity index (χ1v) is 10.6. The summed E-state index contributed by atoms with van der Waals surface area (Å²) in [4.78, 5) is -0.604. The average molecular weight is 456 g/mol. The van der Waals surface area contributed by atoms with Crippen molar-refractivity contribution in [1.82, 2.24) is 0 Å². The first kappa shape index (κ1) is 23.7. The summed E-state index contributed by atoms with van der Waals surface area (Å²) < 4.78 is 33.4. The van der Waals surface area contributed by atoms with E-state index >= 15 is 0 Å². The van der Waals surface area contributed by atoms with Crippen LogP contribution in [0.25, 0.3) is 10.8 Å². The Morgan fingerprint density at radius 2 is 1.56 bits per heavy atom. The standard InChI is InChI=1S/C22H18N4O4S.Na/c23-15-7-10-17(11-8-15)25-26-21-20(31(28,29)30)12-14-6-9-18(13-19(14)22(21)27)24-16-4-2-1-3-5-16;/h1-13,24,27H,23H2,(H,28,29,30);/q;+1/p-1. The minimum Gasteiger partial charge on any atom is -0.871 e. The smallest absolute Gasteiger partial charge is 0.871 e. The van der Waals surface area contributed by atoms with Gasteiger partial charge in [-0.3, -0.25) is 4.55 Å². The van der Waals surface area contributed by atoms with E-state index in [4.69, 9.17) is 5.73 Å². The van der Waals surface area contributed by atoms with Gasteiger partial charge in [-0.05, 0) is 65.4 Å². The summed E-state index contributed by atoms with van der Waals surface area (Å²) in [6.45, 7) is 0. The van der Waals surface area contributed by atoms with E-state index in [0.717, 1.165) is 5.69 Å². The van der Waals surface area contributed by atoms with Gasteiger partial charge in [-0.15, -0.1) is 5.11 Å². The molecule has 0 unspecified atom stereocenters. The van der Waals surface area contributed by atoms with E-state index in [-0.39, 0.29) is 34.9 Å². The van der Waals surface area contributed by atoms with E-state index in [1.54, 1.807) is 42.5 Å². The number of nitrogens with two attached hydrogens (primary N) is 1. The maximum absolute atomic E-state index is 13.1. The van der Waals surface area contributed by atoms with Crippen molar-refractivity contribution in [3.63, 3.8) is 0 Å². The predicted molar refractivity (Wildman–Crippen MR) is 118 cm³/mol. The summed E-state index contributed by atoms with van der Waals surface area (Å²) in [6.07, 6.45) is 0. The molecule has 156 valence electrons. The molecule has 32 heavy (non-hydrogen) atoms. The van der Waals surface area contributed by atoms with E-state index in [2.05, 4.69) is 15.5 Å². The van der Waals surface area contributed by atoms with E-state index in [0.29, 0.717) is 22.4 Å². The van der Waals surface area contributed by atoms with Crippen molar-refractivity contribution < 1.29 is 47.6 Å². The molecule has 0 heterocycles. The summed E-state index contributed by atoms with van der Waals surface area (Å²) in [7, 11) is -4.71. The van der Waals surface area contributed by atoms with Gasteiger partial charge in [0.1, 0.15) is 4.90 Å². The molecule has 0 bridgehead atoms. The molecule has 0 fully saturated rings. The second-order valence-corrected chi connectivity index (χ2v) is 8.14. The molecular weight excluding hydrogens is 439 g/mol. The maximum atomic E-state index is 13.1. The minimum atomic E-state index is -4.71. The fraction of sp³-hybridized carbons (Fsp3) is 0. The van der Waals surface area contributed by atoms with Crippen molar-refractivity contribution in [3.8, 4) is 5.75 Å². The van der Waals surface area contributed by atoms with Gasteiger partial charge in [0.25, 0.3) is 10.1 Å². The summed E-state index contributed by atoms with van der Waals surface area (Å²) in [5.74, 6) is -0.666. The molecule has 0 spiro atoms. The number of nitrogen functional groups attached to an aromatic ring is 1. The van der Waals surface area contributed by atoms with Crippen LogP contribution in [0, 0.1) is 0 Å². The number of azo groups is 1. The van der Waals surface area contributed by atoms with Crippen molar-refractivity contribution >= 4 is 49.3 Å². The van der Waals surface area contributed by atoms with Gasteiger partial charge in [-0.1, -0.05) is 30.0 Å². The van der Waals surface area contributed by atoms with E-state index in [9.17, 15) is 18.1 Å².